The van der Waals surface area contributed by atoms with E-state index in [2.05, 4.69) is 25.6 Å². The molecule has 1 fully saturated rings. The molecule has 3 aromatic rings. The highest BCUT2D eigenvalue weighted by Crippen LogP contribution is 2.30. The third-order valence-electron chi connectivity index (χ3n) is 5.14. The predicted molar refractivity (Wildman–Crippen MR) is 99.9 cm³/mol. The number of carbonyl (C=O) groups excluding carboxylic acids is 1. The summed E-state index contributed by atoms with van der Waals surface area (Å²) in [5, 5.41) is 11.3. The molecule has 1 amide bonds. The van der Waals surface area contributed by atoms with Gasteiger partial charge in [-0.05, 0) is 18.6 Å². The summed E-state index contributed by atoms with van der Waals surface area (Å²) < 4.78 is 7.79. The molecule has 0 unspecified atom stereocenters. The van der Waals surface area contributed by atoms with E-state index in [0.717, 1.165) is 17.8 Å². The van der Waals surface area contributed by atoms with Crippen molar-refractivity contribution < 1.29 is 9.53 Å². The van der Waals surface area contributed by atoms with Crippen molar-refractivity contribution in [3.8, 4) is 0 Å². The van der Waals surface area contributed by atoms with Gasteiger partial charge in [0.1, 0.15) is 0 Å². The van der Waals surface area contributed by atoms with Crippen LogP contribution < -0.4 is 5.32 Å². The molecule has 9 nitrogen and oxygen atoms in total. The second-order valence-electron chi connectivity index (χ2n) is 6.91. The van der Waals surface area contributed by atoms with Gasteiger partial charge in [0.25, 0.3) is 5.91 Å². The number of hydrogen-bond donors (Lipinski definition) is 1. The Hall–Kier alpha value is -3.33. The molecule has 142 valence electrons. The van der Waals surface area contributed by atoms with Crippen LogP contribution in [0.1, 0.15) is 28.5 Å². The number of likely N-dealkylation sites (tertiary alicyclic amines) is 1. The number of nitrogens with one attached hydrogen (secondary N) is 1. The molecule has 0 aliphatic carbocycles. The summed E-state index contributed by atoms with van der Waals surface area (Å²) in [6.07, 6.45) is 5.66. The summed E-state index contributed by atoms with van der Waals surface area (Å²) in [5.74, 6) is 0.367. The summed E-state index contributed by atoms with van der Waals surface area (Å²) in [4.78, 5) is 23.3. The van der Waals surface area contributed by atoms with Gasteiger partial charge in [0.15, 0.2) is 0 Å². The maximum absolute atomic E-state index is 12.9. The second-order valence-corrected chi connectivity index (χ2v) is 6.91. The molecule has 1 saturated heterocycles. The molecule has 5 rings (SSSR count). The highest BCUT2D eigenvalue weighted by atomic mass is 16.5. The van der Waals surface area contributed by atoms with Gasteiger partial charge in [-0.25, -0.2) is 14.6 Å². The van der Waals surface area contributed by atoms with Crippen LogP contribution in [0.3, 0.4) is 0 Å². The van der Waals surface area contributed by atoms with Crippen molar-refractivity contribution in [2.24, 2.45) is 0 Å². The van der Waals surface area contributed by atoms with Gasteiger partial charge in [-0.1, -0.05) is 23.4 Å². The second kappa shape index (κ2) is 7.01. The van der Waals surface area contributed by atoms with Crippen molar-refractivity contribution in [2.45, 2.75) is 25.2 Å². The Balaban J connectivity index is 1.29. The molecule has 28 heavy (non-hydrogen) atoms. The van der Waals surface area contributed by atoms with Crippen LogP contribution in [0, 0.1) is 0 Å². The van der Waals surface area contributed by atoms with Crippen LogP contribution in [0.2, 0.25) is 0 Å². The lowest BCUT2D eigenvalue weighted by molar-refractivity contribution is -0.0605. The zero-order chi connectivity index (χ0) is 18.9. The monoisotopic (exact) mass is 377 g/mol. The van der Waals surface area contributed by atoms with E-state index < -0.39 is 0 Å². The van der Waals surface area contributed by atoms with Gasteiger partial charge in [0.05, 0.1) is 36.2 Å². The molecule has 0 bridgehead atoms. The van der Waals surface area contributed by atoms with Crippen LogP contribution in [0.25, 0.3) is 0 Å². The molecular formula is C19H19N7O2. The first kappa shape index (κ1) is 16.8. The van der Waals surface area contributed by atoms with Gasteiger partial charge in [0, 0.05) is 31.2 Å². The molecule has 9 heteroatoms. The van der Waals surface area contributed by atoms with E-state index in [4.69, 9.17) is 4.74 Å². The molecule has 2 aliphatic heterocycles. The third-order valence-corrected chi connectivity index (χ3v) is 5.14. The zero-order valence-electron chi connectivity index (χ0n) is 15.1. The standard InChI is InChI=1S/C19H19N7O2/c27-18(13-8-20-19(21-9-13)23-14-4-2-1-3-5-14)25-7-6-17-16(11-25)26-15(12-28-17)10-22-24-26/h1-5,8-10,16-17H,6-7,11-12H2,(H,20,21,23)/t16-,17+/m0/s1. The minimum Gasteiger partial charge on any atom is -0.370 e. The van der Waals surface area contributed by atoms with Crippen LogP contribution in [0.5, 0.6) is 0 Å². The first-order valence-corrected chi connectivity index (χ1v) is 9.22. The average molecular weight is 377 g/mol. The molecule has 0 spiro atoms. The first-order chi connectivity index (χ1) is 13.8. The highest BCUT2D eigenvalue weighted by Gasteiger charge is 2.38. The van der Waals surface area contributed by atoms with Crippen LogP contribution in [-0.4, -0.2) is 55.0 Å². The van der Waals surface area contributed by atoms with Gasteiger partial charge in [-0.15, -0.1) is 5.10 Å². The third kappa shape index (κ3) is 3.09. The predicted octanol–water partition coefficient (Wildman–Crippen LogP) is 1.80. The van der Waals surface area contributed by atoms with Crippen molar-refractivity contribution in [3.63, 3.8) is 0 Å². The molecule has 2 aliphatic rings. The lowest BCUT2D eigenvalue weighted by Gasteiger charge is -2.40. The van der Waals surface area contributed by atoms with Crippen LogP contribution in [0.4, 0.5) is 11.6 Å². The quantitative estimate of drug-likeness (QED) is 0.743. The Kier molecular flexibility index (Phi) is 4.21. The average Bonchev–Trinajstić information content (AvgIpc) is 3.24. The van der Waals surface area contributed by atoms with Crippen molar-refractivity contribution in [3.05, 3.63) is 60.2 Å². The van der Waals surface area contributed by atoms with E-state index >= 15 is 0 Å². The maximum Gasteiger partial charge on any atom is 0.257 e. The molecule has 0 radical (unpaired) electrons. The number of amides is 1. The number of ether oxygens (including phenoxy) is 1. The van der Waals surface area contributed by atoms with E-state index in [1.165, 1.54) is 0 Å². The number of piperidine rings is 1. The van der Waals surface area contributed by atoms with Crippen LogP contribution >= 0.6 is 0 Å². The Morgan fingerprint density at radius 3 is 2.79 bits per heavy atom. The maximum atomic E-state index is 12.9. The van der Waals surface area contributed by atoms with Gasteiger partial charge in [-0.2, -0.15) is 0 Å². The SMILES string of the molecule is O=C(c1cnc(Nc2ccccc2)nc1)N1CC[C@H]2OCc3cnnn3[C@H]2C1. The minimum absolute atomic E-state index is 0.0103. The highest BCUT2D eigenvalue weighted by molar-refractivity contribution is 5.93. The summed E-state index contributed by atoms with van der Waals surface area (Å²) >= 11 is 0. The zero-order valence-corrected chi connectivity index (χ0v) is 15.1. The largest absolute Gasteiger partial charge is 0.370 e. The fourth-order valence-corrected chi connectivity index (χ4v) is 3.70. The molecular weight excluding hydrogens is 358 g/mol. The Morgan fingerprint density at radius 1 is 1.14 bits per heavy atom. The van der Waals surface area contributed by atoms with Crippen molar-refractivity contribution in [1.82, 2.24) is 29.9 Å². The number of benzene rings is 1. The topological polar surface area (TPSA) is 98.1 Å². The fraction of sp³-hybridized carbons (Fsp3) is 0.316. The number of hydrogen-bond acceptors (Lipinski definition) is 7. The van der Waals surface area contributed by atoms with Gasteiger partial charge < -0.3 is 15.0 Å². The molecule has 2 aromatic heterocycles. The first-order valence-electron chi connectivity index (χ1n) is 9.22. The Bertz CT molecular complexity index is 973. The normalized spacial score (nSPS) is 20.9. The summed E-state index contributed by atoms with van der Waals surface area (Å²) in [6, 6.07) is 9.65. The summed E-state index contributed by atoms with van der Waals surface area (Å²) in [5.41, 5.74) is 2.30. The fourth-order valence-electron chi connectivity index (χ4n) is 3.70. The van der Waals surface area contributed by atoms with E-state index in [0.29, 0.717) is 31.2 Å². The van der Waals surface area contributed by atoms with E-state index in [-0.39, 0.29) is 18.1 Å². The van der Waals surface area contributed by atoms with E-state index in [1.54, 1.807) is 18.6 Å². The lowest BCUT2D eigenvalue weighted by atomic mass is 10.00. The summed E-state index contributed by atoms with van der Waals surface area (Å²) in [7, 11) is 0. The van der Waals surface area contributed by atoms with Crippen molar-refractivity contribution in [2.75, 3.05) is 18.4 Å². The molecule has 1 N–H and O–H groups in total. The van der Waals surface area contributed by atoms with Gasteiger partial charge in [-0.3, -0.25) is 4.79 Å². The van der Waals surface area contributed by atoms with E-state index in [9.17, 15) is 4.79 Å². The van der Waals surface area contributed by atoms with Crippen molar-refractivity contribution >= 4 is 17.5 Å². The lowest BCUT2D eigenvalue weighted by Crippen LogP contribution is -2.49. The van der Waals surface area contributed by atoms with Gasteiger partial charge in [0.2, 0.25) is 5.95 Å². The van der Waals surface area contributed by atoms with Gasteiger partial charge >= 0.3 is 0 Å². The van der Waals surface area contributed by atoms with Crippen molar-refractivity contribution in [1.29, 1.82) is 0 Å². The Labute approximate surface area is 161 Å². The Morgan fingerprint density at radius 2 is 1.96 bits per heavy atom. The smallest absolute Gasteiger partial charge is 0.257 e. The number of fused-ring (bicyclic) bond motifs is 3. The summed E-state index contributed by atoms with van der Waals surface area (Å²) in [6.45, 7) is 1.68. The number of para-hydroxylation sites is 1. The molecule has 4 heterocycles. The number of nitrogens with zero attached hydrogens (tertiary/aromatic N) is 6. The number of rotatable bonds is 3. The van der Waals surface area contributed by atoms with Crippen LogP contribution in [-0.2, 0) is 11.3 Å². The molecule has 0 saturated carbocycles. The number of aromatic nitrogens is 5. The minimum atomic E-state index is -0.0862. The number of carbonyl (C=O) groups is 1. The molecule has 1 aromatic carbocycles. The number of anilines is 2. The van der Waals surface area contributed by atoms with E-state index in [1.807, 2.05) is 39.9 Å². The molecule has 2 atom stereocenters. The van der Waals surface area contributed by atoms with Crippen LogP contribution in [0.15, 0.2) is 48.9 Å².